The van der Waals surface area contributed by atoms with Crippen molar-refractivity contribution in [2.24, 2.45) is 0 Å². The summed E-state index contributed by atoms with van der Waals surface area (Å²) in [6.07, 6.45) is 0. The Morgan fingerprint density at radius 3 is 2.50 bits per heavy atom. The molecule has 0 atom stereocenters. The van der Waals surface area contributed by atoms with Gasteiger partial charge in [-0.25, -0.2) is 8.42 Å². The molecule has 0 aromatic heterocycles. The topological polar surface area (TPSA) is 92.4 Å². The van der Waals surface area contributed by atoms with Gasteiger partial charge in [0.15, 0.2) is 0 Å². The van der Waals surface area contributed by atoms with Gasteiger partial charge in [-0.15, -0.1) is 0 Å². The molecule has 0 heterocycles. The van der Waals surface area contributed by atoms with Gasteiger partial charge in [-0.1, -0.05) is 6.07 Å². The second-order valence-electron chi connectivity index (χ2n) is 4.29. The monoisotopic (exact) mass is 356 g/mol. The standard InChI is InChI=1S/C13H13BrN2O3S/c1-8-2-3-9(6-13(8)17)16-20(18,19)10-4-5-12(15)11(14)7-10/h2-7,16-17H,15H2,1H3. The van der Waals surface area contributed by atoms with Crippen LogP contribution in [0.4, 0.5) is 11.4 Å². The Morgan fingerprint density at radius 2 is 1.90 bits per heavy atom. The van der Waals surface area contributed by atoms with Crippen molar-refractivity contribution in [3.05, 3.63) is 46.4 Å². The third-order valence-corrected chi connectivity index (χ3v) is 4.81. The SMILES string of the molecule is Cc1ccc(NS(=O)(=O)c2ccc(N)c(Br)c2)cc1O. The summed E-state index contributed by atoms with van der Waals surface area (Å²) in [7, 11) is -3.73. The number of phenols is 1. The first kappa shape index (κ1) is 14.7. The van der Waals surface area contributed by atoms with Gasteiger partial charge in [0.1, 0.15) is 5.75 Å². The molecule has 2 rings (SSSR count). The van der Waals surface area contributed by atoms with Gasteiger partial charge in [0.25, 0.3) is 10.0 Å². The zero-order chi connectivity index (χ0) is 14.9. The predicted octanol–water partition coefficient (Wildman–Crippen LogP) is 2.85. The van der Waals surface area contributed by atoms with Crippen molar-refractivity contribution >= 4 is 37.3 Å². The molecule has 0 saturated heterocycles. The van der Waals surface area contributed by atoms with E-state index in [0.29, 0.717) is 21.4 Å². The third kappa shape index (κ3) is 3.05. The van der Waals surface area contributed by atoms with Crippen molar-refractivity contribution in [2.45, 2.75) is 11.8 Å². The number of hydrogen-bond acceptors (Lipinski definition) is 4. The Hall–Kier alpha value is -1.73. The van der Waals surface area contributed by atoms with Gasteiger partial charge in [-0.3, -0.25) is 4.72 Å². The van der Waals surface area contributed by atoms with Crippen LogP contribution in [0.25, 0.3) is 0 Å². The first-order valence-electron chi connectivity index (χ1n) is 5.67. The number of phenolic OH excluding ortho intramolecular Hbond substituents is 1. The lowest BCUT2D eigenvalue weighted by atomic mass is 10.2. The fourth-order valence-corrected chi connectivity index (χ4v) is 3.17. The molecule has 0 amide bonds. The minimum Gasteiger partial charge on any atom is -0.508 e. The fourth-order valence-electron chi connectivity index (χ4n) is 1.56. The summed E-state index contributed by atoms with van der Waals surface area (Å²) in [5, 5.41) is 9.59. The van der Waals surface area contributed by atoms with Crippen molar-refractivity contribution in [2.75, 3.05) is 10.5 Å². The van der Waals surface area contributed by atoms with Crippen LogP contribution < -0.4 is 10.5 Å². The van der Waals surface area contributed by atoms with E-state index in [4.69, 9.17) is 5.73 Å². The number of aryl methyl sites for hydroxylation is 1. The molecule has 5 nitrogen and oxygen atoms in total. The van der Waals surface area contributed by atoms with Crippen LogP contribution in [0.2, 0.25) is 0 Å². The van der Waals surface area contributed by atoms with Crippen LogP contribution in [0.1, 0.15) is 5.56 Å². The maximum absolute atomic E-state index is 12.2. The zero-order valence-corrected chi connectivity index (χ0v) is 13.0. The van der Waals surface area contributed by atoms with E-state index in [-0.39, 0.29) is 10.6 Å². The number of anilines is 2. The van der Waals surface area contributed by atoms with Crippen LogP contribution in [-0.2, 0) is 10.0 Å². The lowest BCUT2D eigenvalue weighted by Gasteiger charge is -2.10. The van der Waals surface area contributed by atoms with Crippen molar-refractivity contribution in [3.8, 4) is 5.75 Å². The molecule has 4 N–H and O–H groups in total. The predicted molar refractivity (Wildman–Crippen MR) is 82.2 cm³/mol. The Kier molecular flexibility index (Phi) is 3.92. The molecule has 106 valence electrons. The number of nitrogens with one attached hydrogen (secondary N) is 1. The molecule has 0 saturated carbocycles. The van der Waals surface area contributed by atoms with Gasteiger partial charge in [-0.05, 0) is 52.7 Å². The number of sulfonamides is 1. The molecule has 0 fully saturated rings. The summed E-state index contributed by atoms with van der Waals surface area (Å²) in [4.78, 5) is 0.0821. The molecular weight excluding hydrogens is 344 g/mol. The van der Waals surface area contributed by atoms with Gasteiger partial charge < -0.3 is 10.8 Å². The Bertz CT molecular complexity index is 760. The van der Waals surface area contributed by atoms with Crippen LogP contribution in [0, 0.1) is 6.92 Å². The molecule has 2 aromatic carbocycles. The first-order chi connectivity index (χ1) is 9.29. The Balaban J connectivity index is 2.35. The minimum atomic E-state index is -3.73. The number of rotatable bonds is 3. The number of nitrogens with two attached hydrogens (primary N) is 1. The maximum Gasteiger partial charge on any atom is 0.261 e. The van der Waals surface area contributed by atoms with E-state index in [1.807, 2.05) is 0 Å². The molecular formula is C13H13BrN2O3S. The molecule has 0 radical (unpaired) electrons. The van der Waals surface area contributed by atoms with Crippen molar-refractivity contribution in [1.29, 1.82) is 0 Å². The highest BCUT2D eigenvalue weighted by atomic mass is 79.9. The Labute approximate surface area is 125 Å². The number of benzene rings is 2. The molecule has 20 heavy (non-hydrogen) atoms. The van der Waals surface area contributed by atoms with E-state index >= 15 is 0 Å². The molecule has 0 aliphatic carbocycles. The smallest absolute Gasteiger partial charge is 0.261 e. The van der Waals surface area contributed by atoms with E-state index in [0.717, 1.165) is 0 Å². The summed E-state index contributed by atoms with van der Waals surface area (Å²) in [6.45, 7) is 1.73. The van der Waals surface area contributed by atoms with Crippen LogP contribution in [0.5, 0.6) is 5.75 Å². The molecule has 0 spiro atoms. The summed E-state index contributed by atoms with van der Waals surface area (Å²) in [6, 6.07) is 8.91. The highest BCUT2D eigenvalue weighted by molar-refractivity contribution is 9.10. The van der Waals surface area contributed by atoms with Gasteiger partial charge in [-0.2, -0.15) is 0 Å². The molecule has 0 bridgehead atoms. The second-order valence-corrected chi connectivity index (χ2v) is 6.83. The zero-order valence-electron chi connectivity index (χ0n) is 10.6. The Morgan fingerprint density at radius 1 is 1.20 bits per heavy atom. The van der Waals surface area contributed by atoms with Crippen LogP contribution in [0.3, 0.4) is 0 Å². The largest absolute Gasteiger partial charge is 0.508 e. The first-order valence-corrected chi connectivity index (χ1v) is 7.95. The van der Waals surface area contributed by atoms with E-state index in [2.05, 4.69) is 20.7 Å². The van der Waals surface area contributed by atoms with E-state index in [1.165, 1.54) is 24.3 Å². The van der Waals surface area contributed by atoms with E-state index < -0.39 is 10.0 Å². The summed E-state index contributed by atoms with van der Waals surface area (Å²) >= 11 is 3.19. The normalized spacial score (nSPS) is 11.3. The quantitative estimate of drug-likeness (QED) is 0.737. The van der Waals surface area contributed by atoms with Crippen LogP contribution in [0.15, 0.2) is 45.8 Å². The van der Waals surface area contributed by atoms with Gasteiger partial charge >= 0.3 is 0 Å². The molecule has 0 aliphatic heterocycles. The average molecular weight is 357 g/mol. The van der Waals surface area contributed by atoms with Crippen molar-refractivity contribution < 1.29 is 13.5 Å². The lowest BCUT2D eigenvalue weighted by Crippen LogP contribution is -2.13. The van der Waals surface area contributed by atoms with Gasteiger partial charge in [0, 0.05) is 16.2 Å². The van der Waals surface area contributed by atoms with E-state index in [1.54, 1.807) is 19.1 Å². The minimum absolute atomic E-state index is 0.0312. The summed E-state index contributed by atoms with van der Waals surface area (Å²) < 4.78 is 27.3. The molecule has 7 heteroatoms. The van der Waals surface area contributed by atoms with Crippen molar-refractivity contribution in [1.82, 2.24) is 0 Å². The molecule has 2 aromatic rings. The third-order valence-electron chi connectivity index (χ3n) is 2.74. The van der Waals surface area contributed by atoms with Crippen LogP contribution in [-0.4, -0.2) is 13.5 Å². The van der Waals surface area contributed by atoms with Gasteiger partial charge in [0.2, 0.25) is 0 Å². The number of aromatic hydroxyl groups is 1. The number of halogens is 1. The molecule has 0 aliphatic rings. The second kappa shape index (κ2) is 5.34. The maximum atomic E-state index is 12.2. The summed E-state index contributed by atoms with van der Waals surface area (Å²) in [5.74, 6) is 0.0312. The fraction of sp³-hybridized carbons (Fsp3) is 0.0769. The van der Waals surface area contributed by atoms with Crippen LogP contribution >= 0.6 is 15.9 Å². The molecule has 0 unspecified atom stereocenters. The number of hydrogen-bond donors (Lipinski definition) is 3. The number of nitrogen functional groups attached to an aromatic ring is 1. The van der Waals surface area contributed by atoms with Gasteiger partial charge in [0.05, 0.1) is 10.6 Å². The highest BCUT2D eigenvalue weighted by Crippen LogP contribution is 2.26. The van der Waals surface area contributed by atoms with E-state index in [9.17, 15) is 13.5 Å². The highest BCUT2D eigenvalue weighted by Gasteiger charge is 2.15. The summed E-state index contributed by atoms with van der Waals surface area (Å²) in [5.41, 5.74) is 7.04. The lowest BCUT2D eigenvalue weighted by molar-refractivity contribution is 0.471. The average Bonchev–Trinajstić information content (AvgIpc) is 2.37. The van der Waals surface area contributed by atoms with Crippen molar-refractivity contribution in [3.63, 3.8) is 0 Å².